The van der Waals surface area contributed by atoms with Crippen LogP contribution in [-0.4, -0.2) is 41.9 Å². The van der Waals surface area contributed by atoms with Crippen molar-refractivity contribution in [2.24, 2.45) is 10.8 Å². The second kappa shape index (κ2) is 7.88. The molecule has 6 heteroatoms. The first-order valence-corrected chi connectivity index (χ1v) is 11.9. The van der Waals surface area contributed by atoms with E-state index < -0.39 is 43.2 Å². The van der Waals surface area contributed by atoms with E-state index in [9.17, 15) is 19.5 Å². The van der Waals surface area contributed by atoms with Crippen LogP contribution in [0.1, 0.15) is 68.2 Å². The molecule has 2 N–H and O–H groups in total. The van der Waals surface area contributed by atoms with Crippen molar-refractivity contribution < 1.29 is 24.6 Å². The number of aliphatic hydroxyl groups is 1. The van der Waals surface area contributed by atoms with E-state index in [1.165, 1.54) is 13.8 Å². The maximum absolute atomic E-state index is 13.1. The molecule has 1 aliphatic rings. The van der Waals surface area contributed by atoms with E-state index in [1.54, 1.807) is 0 Å². The number of carboxylic acid groups (broad SMARTS) is 1. The predicted molar refractivity (Wildman–Crippen MR) is 108 cm³/mol. The summed E-state index contributed by atoms with van der Waals surface area (Å²) >= 11 is 0. The average molecular weight is 395 g/mol. The predicted octanol–water partition coefficient (Wildman–Crippen LogP) is 3.60. The second-order valence-electron chi connectivity index (χ2n) is 9.29. The van der Waals surface area contributed by atoms with Gasteiger partial charge in [-0.15, -0.1) is 5.54 Å². The summed E-state index contributed by atoms with van der Waals surface area (Å²) in [5.41, 5.74) is 1.49. The van der Waals surface area contributed by atoms with Gasteiger partial charge in [0.1, 0.15) is 19.3 Å². The molecule has 1 aliphatic carbocycles. The number of hydrogen-bond acceptors (Lipinski definition) is 4. The smallest absolute Gasteiger partial charge is 0.306 e. The summed E-state index contributed by atoms with van der Waals surface area (Å²) in [5.74, 6) is 1.08. The molecule has 0 aromatic carbocycles. The van der Waals surface area contributed by atoms with Gasteiger partial charge in [0.15, 0.2) is 5.78 Å². The first-order chi connectivity index (χ1) is 12.2. The molecule has 2 unspecified atom stereocenters. The molecule has 5 nitrogen and oxygen atoms in total. The van der Waals surface area contributed by atoms with Gasteiger partial charge in [-0.05, 0) is 30.5 Å². The second-order valence-corrected chi connectivity index (χ2v) is 14.9. The van der Waals surface area contributed by atoms with Crippen molar-refractivity contribution in [3.63, 3.8) is 0 Å². The first-order valence-electron chi connectivity index (χ1n) is 9.68. The molecule has 2 atom stereocenters. The lowest BCUT2D eigenvalue weighted by molar-refractivity contribution is -0.143. The highest BCUT2D eigenvalue weighted by Gasteiger charge is 2.60. The minimum absolute atomic E-state index is 0.223. The lowest BCUT2D eigenvalue weighted by Gasteiger charge is -2.39. The fourth-order valence-corrected chi connectivity index (χ4v) is 9.99. The Morgan fingerprint density at radius 2 is 1.52 bits per heavy atom. The summed E-state index contributed by atoms with van der Waals surface area (Å²) in [7, 11) is -2.21. The van der Waals surface area contributed by atoms with E-state index in [4.69, 9.17) is 5.11 Å². The molecule has 1 fully saturated rings. The van der Waals surface area contributed by atoms with Crippen molar-refractivity contribution in [3.8, 4) is 11.5 Å². The van der Waals surface area contributed by atoms with Crippen LogP contribution >= 0.6 is 0 Å². The lowest BCUT2D eigenvalue weighted by atomic mass is 9.75. The van der Waals surface area contributed by atoms with Crippen LogP contribution < -0.4 is 0 Å². The molecular formula is C21H34O5Si. The summed E-state index contributed by atoms with van der Waals surface area (Å²) in [6, 6.07) is 0. The molecule has 0 aliphatic heterocycles. The largest absolute Gasteiger partial charge is 0.481 e. The Morgan fingerprint density at radius 1 is 1.07 bits per heavy atom. The van der Waals surface area contributed by atoms with Crippen LogP contribution in [0.15, 0.2) is 0 Å². The van der Waals surface area contributed by atoms with Gasteiger partial charge in [0.2, 0.25) is 0 Å². The lowest BCUT2D eigenvalue weighted by Crippen LogP contribution is -2.46. The topological polar surface area (TPSA) is 91.7 Å². The number of carbonyl (C=O) groups is 3. The maximum Gasteiger partial charge on any atom is 0.306 e. The Kier molecular flexibility index (Phi) is 6.89. The van der Waals surface area contributed by atoms with Crippen molar-refractivity contribution in [3.05, 3.63) is 0 Å². The zero-order chi connectivity index (χ0) is 21.4. The summed E-state index contributed by atoms with van der Waals surface area (Å²) in [4.78, 5) is 36.8. The molecule has 0 heterocycles. The zero-order valence-electron chi connectivity index (χ0n) is 17.8. The first kappa shape index (κ1) is 23.6. The van der Waals surface area contributed by atoms with Gasteiger partial charge in [0.05, 0.1) is 17.9 Å². The SMILES string of the molecule is CC(C)[Si](C#CC1(C(O)CC(=O)O)CC(=O)C(C)(C)C1=O)(C(C)C)C(C)C. The molecule has 27 heavy (non-hydrogen) atoms. The van der Waals surface area contributed by atoms with Crippen molar-refractivity contribution in [1.82, 2.24) is 0 Å². The number of aliphatic carboxylic acids is 1. The van der Waals surface area contributed by atoms with Gasteiger partial charge in [-0.25, -0.2) is 0 Å². The van der Waals surface area contributed by atoms with Crippen molar-refractivity contribution in [2.75, 3.05) is 0 Å². The summed E-state index contributed by atoms with van der Waals surface area (Å²) in [6.07, 6.45) is -2.33. The number of hydrogen-bond donors (Lipinski definition) is 2. The number of carbonyl (C=O) groups excluding carboxylic acids is 2. The normalized spacial score (nSPS) is 23.7. The van der Waals surface area contributed by atoms with Gasteiger partial charge in [-0.1, -0.05) is 47.5 Å². The summed E-state index contributed by atoms with van der Waals surface area (Å²) in [6.45, 7) is 15.9. The number of aliphatic hydroxyl groups excluding tert-OH is 1. The van der Waals surface area contributed by atoms with Gasteiger partial charge >= 0.3 is 5.97 Å². The molecule has 0 amide bonds. The van der Waals surface area contributed by atoms with E-state index >= 15 is 0 Å². The Hall–Kier alpha value is -1.45. The van der Waals surface area contributed by atoms with Gasteiger partial charge in [-0.3, -0.25) is 14.4 Å². The summed E-state index contributed by atoms with van der Waals surface area (Å²) < 4.78 is 0. The van der Waals surface area contributed by atoms with E-state index in [2.05, 4.69) is 53.0 Å². The molecule has 1 saturated carbocycles. The maximum atomic E-state index is 13.1. The molecule has 152 valence electrons. The van der Waals surface area contributed by atoms with Crippen LogP contribution in [0, 0.1) is 22.3 Å². The molecule has 0 saturated heterocycles. The van der Waals surface area contributed by atoms with Crippen LogP contribution in [0.5, 0.6) is 0 Å². The number of carboxylic acids is 1. The third-order valence-electron chi connectivity index (χ3n) is 6.41. The van der Waals surface area contributed by atoms with Crippen molar-refractivity contribution in [1.29, 1.82) is 0 Å². The third kappa shape index (κ3) is 3.90. The molecule has 1 rings (SSSR count). The van der Waals surface area contributed by atoms with Gasteiger partial charge in [0.25, 0.3) is 0 Å². The van der Waals surface area contributed by atoms with Crippen LogP contribution in [0.4, 0.5) is 0 Å². The van der Waals surface area contributed by atoms with E-state index in [0.717, 1.165) is 0 Å². The fraction of sp³-hybridized carbons (Fsp3) is 0.762. The third-order valence-corrected chi connectivity index (χ3v) is 12.7. The minimum Gasteiger partial charge on any atom is -0.481 e. The van der Waals surface area contributed by atoms with Crippen LogP contribution in [-0.2, 0) is 14.4 Å². The van der Waals surface area contributed by atoms with E-state index in [1.807, 2.05) is 0 Å². The Labute approximate surface area is 163 Å². The molecule has 0 aromatic rings. The van der Waals surface area contributed by atoms with Crippen LogP contribution in [0.3, 0.4) is 0 Å². The fourth-order valence-electron chi connectivity index (χ4n) is 4.68. The molecular weight excluding hydrogens is 360 g/mol. The Bertz CT molecular complexity index is 659. The number of Topliss-reactive ketones (excluding diaryl/α,β-unsaturated/α-hetero) is 2. The Balaban J connectivity index is 3.67. The van der Waals surface area contributed by atoms with Crippen molar-refractivity contribution in [2.45, 2.75) is 91.0 Å². The molecule has 0 bridgehead atoms. The monoisotopic (exact) mass is 394 g/mol. The quantitative estimate of drug-likeness (QED) is 0.408. The molecule has 0 aromatic heterocycles. The van der Waals surface area contributed by atoms with Crippen molar-refractivity contribution >= 4 is 25.6 Å². The Morgan fingerprint density at radius 3 is 1.81 bits per heavy atom. The number of ketones is 2. The van der Waals surface area contributed by atoms with Crippen LogP contribution in [0.2, 0.25) is 16.6 Å². The van der Waals surface area contributed by atoms with Gasteiger partial charge < -0.3 is 10.2 Å². The summed E-state index contributed by atoms with van der Waals surface area (Å²) in [5, 5.41) is 19.8. The minimum atomic E-state index is -2.21. The molecule has 0 spiro atoms. The standard InChI is InChI=1S/C21H34O5Si/c1-13(2)27(14(3)4,15(5)6)10-9-21(16(22)11-18(24)25)12-17(23)20(7,8)19(21)26/h13-16,22H,11-12H2,1-8H3,(H,24,25). The van der Waals surface area contributed by atoms with Gasteiger partial charge in [-0.2, -0.15) is 0 Å². The van der Waals surface area contributed by atoms with E-state index in [0.29, 0.717) is 16.6 Å². The highest BCUT2D eigenvalue weighted by Crippen LogP contribution is 2.47. The average Bonchev–Trinajstić information content (AvgIpc) is 2.67. The zero-order valence-corrected chi connectivity index (χ0v) is 18.8. The number of rotatable bonds is 6. The van der Waals surface area contributed by atoms with E-state index in [-0.39, 0.29) is 12.2 Å². The van der Waals surface area contributed by atoms with Gasteiger partial charge in [0, 0.05) is 6.42 Å². The van der Waals surface area contributed by atoms with Crippen LogP contribution in [0.25, 0.3) is 0 Å². The highest BCUT2D eigenvalue weighted by atomic mass is 28.3. The molecule has 0 radical (unpaired) electrons. The highest BCUT2D eigenvalue weighted by molar-refractivity contribution is 6.90.